The van der Waals surface area contributed by atoms with E-state index in [1.165, 1.54) is 11.1 Å². The molecule has 2 rings (SSSR count). The molecular formula is C17H18N2O. The molecular weight excluding hydrogens is 248 g/mol. The van der Waals surface area contributed by atoms with Gasteiger partial charge in [-0.05, 0) is 25.0 Å². The molecule has 20 heavy (non-hydrogen) atoms. The Kier molecular flexibility index (Phi) is 4.66. The largest absolute Gasteiger partial charge is 0.273 e. The van der Waals surface area contributed by atoms with Gasteiger partial charge >= 0.3 is 0 Å². The quantitative estimate of drug-likeness (QED) is 0.671. The van der Waals surface area contributed by atoms with Gasteiger partial charge in [0, 0.05) is 0 Å². The molecule has 0 saturated heterocycles. The lowest BCUT2D eigenvalue weighted by molar-refractivity contribution is -0.120. The number of hydrazone groups is 1. The van der Waals surface area contributed by atoms with E-state index in [1.54, 1.807) is 6.21 Å². The lowest BCUT2D eigenvalue weighted by Crippen LogP contribution is -2.19. The second kappa shape index (κ2) is 6.66. The van der Waals surface area contributed by atoms with Crippen molar-refractivity contribution in [3.63, 3.8) is 0 Å². The van der Waals surface area contributed by atoms with Gasteiger partial charge in [-0.1, -0.05) is 59.7 Å². The number of carbonyl (C=O) groups excluding carboxylic acids is 1. The number of carbonyl (C=O) groups is 1. The number of aryl methyl sites for hydroxylation is 2. The van der Waals surface area contributed by atoms with Crippen LogP contribution in [0.5, 0.6) is 0 Å². The van der Waals surface area contributed by atoms with Gasteiger partial charge in [0.25, 0.3) is 0 Å². The van der Waals surface area contributed by atoms with Crippen LogP contribution in [0, 0.1) is 13.8 Å². The fraction of sp³-hybridized carbons (Fsp3) is 0.176. The van der Waals surface area contributed by atoms with Gasteiger partial charge in [-0.3, -0.25) is 4.79 Å². The molecule has 2 aromatic carbocycles. The molecule has 0 fully saturated rings. The molecule has 0 spiro atoms. The highest BCUT2D eigenvalue weighted by molar-refractivity contribution is 5.83. The monoisotopic (exact) mass is 266 g/mol. The summed E-state index contributed by atoms with van der Waals surface area (Å²) in [6.07, 6.45) is 1.98. The highest BCUT2D eigenvalue weighted by Crippen LogP contribution is 2.04. The van der Waals surface area contributed by atoms with Crippen LogP contribution >= 0.6 is 0 Å². The Morgan fingerprint density at radius 2 is 1.55 bits per heavy atom. The predicted octanol–water partition coefficient (Wildman–Crippen LogP) is 3.00. The van der Waals surface area contributed by atoms with E-state index in [0.717, 1.165) is 11.1 Å². The van der Waals surface area contributed by atoms with Crippen LogP contribution in [0.25, 0.3) is 0 Å². The van der Waals surface area contributed by atoms with Gasteiger partial charge in [-0.25, -0.2) is 5.43 Å². The fourth-order valence-electron chi connectivity index (χ4n) is 1.76. The van der Waals surface area contributed by atoms with Crippen molar-refractivity contribution in [1.82, 2.24) is 5.43 Å². The molecule has 0 saturated carbocycles. The number of rotatable bonds is 4. The zero-order chi connectivity index (χ0) is 14.4. The SMILES string of the molecule is Cc1ccc(/C=N\NC(=O)Cc2ccc(C)cc2)cc1. The van der Waals surface area contributed by atoms with Crippen LogP contribution in [0.2, 0.25) is 0 Å². The smallest absolute Gasteiger partial charge is 0.244 e. The van der Waals surface area contributed by atoms with E-state index in [0.29, 0.717) is 6.42 Å². The first-order valence-corrected chi connectivity index (χ1v) is 6.57. The van der Waals surface area contributed by atoms with E-state index in [4.69, 9.17) is 0 Å². The Morgan fingerprint density at radius 3 is 2.15 bits per heavy atom. The van der Waals surface area contributed by atoms with Crippen LogP contribution in [0.3, 0.4) is 0 Å². The summed E-state index contributed by atoms with van der Waals surface area (Å²) in [5.41, 5.74) is 6.87. The minimum atomic E-state index is -0.114. The highest BCUT2D eigenvalue weighted by atomic mass is 16.2. The first-order chi connectivity index (χ1) is 9.63. The average Bonchev–Trinajstić information content (AvgIpc) is 2.44. The van der Waals surface area contributed by atoms with E-state index >= 15 is 0 Å². The van der Waals surface area contributed by atoms with E-state index in [9.17, 15) is 4.79 Å². The minimum Gasteiger partial charge on any atom is -0.273 e. The second-order valence-electron chi connectivity index (χ2n) is 4.87. The van der Waals surface area contributed by atoms with Crippen molar-refractivity contribution in [3.8, 4) is 0 Å². The van der Waals surface area contributed by atoms with E-state index < -0.39 is 0 Å². The van der Waals surface area contributed by atoms with E-state index in [2.05, 4.69) is 10.5 Å². The molecule has 2 aromatic rings. The number of nitrogens with one attached hydrogen (secondary N) is 1. The summed E-state index contributed by atoms with van der Waals surface area (Å²) in [7, 11) is 0. The zero-order valence-corrected chi connectivity index (χ0v) is 11.8. The van der Waals surface area contributed by atoms with Gasteiger partial charge in [0.15, 0.2) is 0 Å². The van der Waals surface area contributed by atoms with Crippen LogP contribution in [0.15, 0.2) is 53.6 Å². The van der Waals surface area contributed by atoms with E-state index in [-0.39, 0.29) is 5.91 Å². The summed E-state index contributed by atoms with van der Waals surface area (Å²) >= 11 is 0. The summed E-state index contributed by atoms with van der Waals surface area (Å²) in [4.78, 5) is 11.7. The van der Waals surface area contributed by atoms with Crippen molar-refractivity contribution >= 4 is 12.1 Å². The molecule has 3 heteroatoms. The first-order valence-electron chi connectivity index (χ1n) is 6.57. The molecule has 102 valence electrons. The van der Waals surface area contributed by atoms with Crippen molar-refractivity contribution in [3.05, 3.63) is 70.8 Å². The molecule has 0 aromatic heterocycles. The molecule has 0 radical (unpaired) electrons. The molecule has 0 aliphatic heterocycles. The maximum absolute atomic E-state index is 11.7. The van der Waals surface area contributed by atoms with Crippen molar-refractivity contribution < 1.29 is 4.79 Å². The zero-order valence-electron chi connectivity index (χ0n) is 11.8. The van der Waals surface area contributed by atoms with Gasteiger partial charge in [0.05, 0.1) is 12.6 Å². The number of benzene rings is 2. The van der Waals surface area contributed by atoms with Crippen LogP contribution in [-0.4, -0.2) is 12.1 Å². The Bertz CT molecular complexity index is 598. The van der Waals surface area contributed by atoms with Crippen molar-refractivity contribution in [1.29, 1.82) is 0 Å². The summed E-state index contributed by atoms with van der Waals surface area (Å²) in [6.45, 7) is 4.06. The molecule has 3 nitrogen and oxygen atoms in total. The maximum atomic E-state index is 11.7. The lowest BCUT2D eigenvalue weighted by atomic mass is 10.1. The minimum absolute atomic E-state index is 0.114. The normalized spacial score (nSPS) is 10.7. The Labute approximate surface area is 119 Å². The summed E-state index contributed by atoms with van der Waals surface area (Å²) in [5, 5.41) is 3.96. The maximum Gasteiger partial charge on any atom is 0.244 e. The number of hydrogen-bond acceptors (Lipinski definition) is 2. The molecule has 1 N–H and O–H groups in total. The standard InChI is InChI=1S/C17H18N2O/c1-13-3-7-15(8-4-13)11-17(20)19-18-12-16-9-5-14(2)6-10-16/h3-10,12H,11H2,1-2H3,(H,19,20)/b18-12-. The third-order valence-electron chi connectivity index (χ3n) is 2.97. The molecule has 0 aliphatic rings. The van der Waals surface area contributed by atoms with Crippen LogP contribution in [0.1, 0.15) is 22.3 Å². The number of nitrogens with zero attached hydrogens (tertiary/aromatic N) is 1. The highest BCUT2D eigenvalue weighted by Gasteiger charge is 2.01. The Morgan fingerprint density at radius 1 is 1.00 bits per heavy atom. The third-order valence-corrected chi connectivity index (χ3v) is 2.97. The second-order valence-corrected chi connectivity index (χ2v) is 4.87. The van der Waals surface area contributed by atoms with Gasteiger partial charge < -0.3 is 0 Å². The lowest BCUT2D eigenvalue weighted by Gasteiger charge is -2.01. The van der Waals surface area contributed by atoms with Crippen molar-refractivity contribution in [2.75, 3.05) is 0 Å². The average molecular weight is 266 g/mol. The number of hydrogen-bond donors (Lipinski definition) is 1. The predicted molar refractivity (Wildman–Crippen MR) is 81.8 cm³/mol. The van der Waals surface area contributed by atoms with E-state index in [1.807, 2.05) is 62.4 Å². The van der Waals surface area contributed by atoms with Gasteiger partial charge in [-0.2, -0.15) is 5.10 Å². The molecule has 0 atom stereocenters. The molecule has 0 bridgehead atoms. The third kappa shape index (κ3) is 4.35. The van der Waals surface area contributed by atoms with Gasteiger partial charge in [0.2, 0.25) is 5.91 Å². The van der Waals surface area contributed by atoms with Crippen LogP contribution in [0.4, 0.5) is 0 Å². The summed E-state index contributed by atoms with van der Waals surface area (Å²) in [5.74, 6) is -0.114. The van der Waals surface area contributed by atoms with Gasteiger partial charge in [-0.15, -0.1) is 0 Å². The Hall–Kier alpha value is -2.42. The van der Waals surface area contributed by atoms with Crippen LogP contribution < -0.4 is 5.43 Å². The van der Waals surface area contributed by atoms with Crippen molar-refractivity contribution in [2.45, 2.75) is 20.3 Å². The summed E-state index contributed by atoms with van der Waals surface area (Å²) < 4.78 is 0. The Balaban J connectivity index is 1.85. The topological polar surface area (TPSA) is 41.5 Å². The summed E-state index contributed by atoms with van der Waals surface area (Å²) in [6, 6.07) is 15.9. The fourth-order valence-corrected chi connectivity index (χ4v) is 1.76. The number of amides is 1. The molecule has 0 aliphatic carbocycles. The van der Waals surface area contributed by atoms with Crippen molar-refractivity contribution in [2.24, 2.45) is 5.10 Å². The van der Waals surface area contributed by atoms with Crippen LogP contribution in [-0.2, 0) is 11.2 Å². The molecule has 0 heterocycles. The van der Waals surface area contributed by atoms with Gasteiger partial charge in [0.1, 0.15) is 0 Å². The molecule has 0 unspecified atom stereocenters. The molecule has 1 amide bonds. The first kappa shape index (κ1) is 14.0.